The molecule has 1 atom stereocenters. The lowest BCUT2D eigenvalue weighted by Gasteiger charge is -2.12. The highest BCUT2D eigenvalue weighted by Gasteiger charge is 2.18. The molecule has 0 aliphatic rings. The maximum atomic E-state index is 12.2. The monoisotopic (exact) mass is 292 g/mol. The van der Waals surface area contributed by atoms with E-state index in [1.54, 1.807) is 11.3 Å². The van der Waals surface area contributed by atoms with Gasteiger partial charge in [-0.05, 0) is 33.3 Å². The highest BCUT2D eigenvalue weighted by atomic mass is 32.1. The van der Waals surface area contributed by atoms with Crippen LogP contribution >= 0.6 is 11.3 Å². The minimum absolute atomic E-state index is 0.00883. The van der Waals surface area contributed by atoms with E-state index in [0.717, 1.165) is 28.1 Å². The Morgan fingerprint density at radius 3 is 2.60 bits per heavy atom. The number of hydrogen-bond acceptors (Lipinski definition) is 4. The maximum absolute atomic E-state index is 12.2. The summed E-state index contributed by atoms with van der Waals surface area (Å²) < 4.78 is 5.17. The third-order valence-corrected chi connectivity index (χ3v) is 4.69. The fourth-order valence-electron chi connectivity index (χ4n) is 2.37. The van der Waals surface area contributed by atoms with E-state index in [0.29, 0.717) is 6.54 Å². The predicted octanol–water partition coefficient (Wildman–Crippen LogP) is 3.50. The van der Waals surface area contributed by atoms with Crippen LogP contribution in [0.5, 0.6) is 0 Å². The molecule has 108 valence electrons. The molecule has 1 amide bonds. The van der Waals surface area contributed by atoms with Crippen molar-refractivity contribution in [1.29, 1.82) is 0 Å². The molecule has 5 heteroatoms. The van der Waals surface area contributed by atoms with Crippen molar-refractivity contribution in [2.75, 3.05) is 6.54 Å². The van der Waals surface area contributed by atoms with Crippen molar-refractivity contribution in [3.63, 3.8) is 0 Å². The number of amides is 1. The molecule has 2 rings (SSSR count). The van der Waals surface area contributed by atoms with Crippen LogP contribution in [0.15, 0.2) is 9.90 Å². The third kappa shape index (κ3) is 2.77. The standard InChI is InChI=1S/C15H20N2O2S/c1-8(14-10(3)17-19-11(14)4)6-16-15(18)13-7-20-12(5)9(13)2/h7-8H,6H2,1-5H3,(H,16,18). The normalized spacial score (nSPS) is 12.4. The summed E-state index contributed by atoms with van der Waals surface area (Å²) in [5, 5.41) is 8.87. The highest BCUT2D eigenvalue weighted by Crippen LogP contribution is 2.23. The van der Waals surface area contributed by atoms with Crippen LogP contribution in [0.25, 0.3) is 0 Å². The number of rotatable bonds is 4. The summed E-state index contributed by atoms with van der Waals surface area (Å²) in [5.41, 5.74) is 3.83. The number of carbonyl (C=O) groups excluding carboxylic acids is 1. The number of nitrogens with zero attached hydrogens (tertiary/aromatic N) is 1. The van der Waals surface area contributed by atoms with Crippen molar-refractivity contribution >= 4 is 17.2 Å². The summed E-state index contributed by atoms with van der Waals surface area (Å²) in [4.78, 5) is 13.4. The van der Waals surface area contributed by atoms with Crippen molar-refractivity contribution in [3.8, 4) is 0 Å². The zero-order chi connectivity index (χ0) is 14.9. The van der Waals surface area contributed by atoms with Gasteiger partial charge in [0.25, 0.3) is 5.91 Å². The molecule has 0 bridgehead atoms. The number of thiophene rings is 1. The van der Waals surface area contributed by atoms with Gasteiger partial charge in [-0.1, -0.05) is 12.1 Å². The molecule has 0 aliphatic heterocycles. The minimum atomic E-state index is -0.00883. The van der Waals surface area contributed by atoms with Crippen LogP contribution in [0.1, 0.15) is 50.7 Å². The lowest BCUT2D eigenvalue weighted by Crippen LogP contribution is -2.28. The van der Waals surface area contributed by atoms with E-state index >= 15 is 0 Å². The summed E-state index contributed by atoms with van der Waals surface area (Å²) >= 11 is 1.61. The van der Waals surface area contributed by atoms with Gasteiger partial charge in [0.15, 0.2) is 0 Å². The molecular formula is C15H20N2O2S. The van der Waals surface area contributed by atoms with Gasteiger partial charge in [-0.3, -0.25) is 4.79 Å². The Labute approximate surface area is 123 Å². The highest BCUT2D eigenvalue weighted by molar-refractivity contribution is 7.10. The molecule has 4 nitrogen and oxygen atoms in total. The van der Waals surface area contributed by atoms with Crippen LogP contribution in [0.3, 0.4) is 0 Å². The Morgan fingerprint density at radius 1 is 1.40 bits per heavy atom. The Bertz CT molecular complexity index is 608. The molecule has 1 N–H and O–H groups in total. The number of carbonyl (C=O) groups is 1. The summed E-state index contributed by atoms with van der Waals surface area (Å²) in [5.74, 6) is 1.00. The van der Waals surface area contributed by atoms with E-state index in [1.807, 2.05) is 33.1 Å². The molecule has 0 aromatic carbocycles. The molecule has 1 unspecified atom stereocenters. The van der Waals surface area contributed by atoms with Gasteiger partial charge in [-0.15, -0.1) is 11.3 Å². The molecule has 0 saturated heterocycles. The molecule has 20 heavy (non-hydrogen) atoms. The lowest BCUT2D eigenvalue weighted by atomic mass is 9.99. The van der Waals surface area contributed by atoms with Gasteiger partial charge >= 0.3 is 0 Å². The Morgan fingerprint density at radius 2 is 2.10 bits per heavy atom. The first-order valence-corrected chi connectivity index (χ1v) is 7.55. The Kier molecular flexibility index (Phi) is 4.28. The van der Waals surface area contributed by atoms with E-state index in [4.69, 9.17) is 4.52 Å². The summed E-state index contributed by atoms with van der Waals surface area (Å²) in [6.45, 7) is 10.5. The molecule has 0 radical (unpaired) electrons. The van der Waals surface area contributed by atoms with Crippen LogP contribution in [0.4, 0.5) is 0 Å². The first-order valence-electron chi connectivity index (χ1n) is 6.67. The quantitative estimate of drug-likeness (QED) is 0.938. The van der Waals surface area contributed by atoms with Crippen molar-refractivity contribution in [2.24, 2.45) is 0 Å². The van der Waals surface area contributed by atoms with Gasteiger partial charge in [0, 0.05) is 28.3 Å². The third-order valence-electron chi connectivity index (χ3n) is 3.68. The first-order chi connectivity index (χ1) is 9.41. The molecule has 2 aromatic heterocycles. The SMILES string of the molecule is Cc1noc(C)c1C(C)CNC(=O)c1csc(C)c1C. The average molecular weight is 292 g/mol. The van der Waals surface area contributed by atoms with Gasteiger partial charge in [0.2, 0.25) is 0 Å². The van der Waals surface area contributed by atoms with Crippen LogP contribution < -0.4 is 5.32 Å². The Hall–Kier alpha value is -1.62. The summed E-state index contributed by atoms with van der Waals surface area (Å²) in [6.07, 6.45) is 0. The topological polar surface area (TPSA) is 55.1 Å². The molecule has 0 saturated carbocycles. The molecule has 0 fully saturated rings. The number of aromatic nitrogens is 1. The molecule has 2 heterocycles. The van der Waals surface area contributed by atoms with Crippen LogP contribution in [-0.4, -0.2) is 17.6 Å². The van der Waals surface area contributed by atoms with Crippen molar-refractivity contribution in [3.05, 3.63) is 38.4 Å². The zero-order valence-electron chi connectivity index (χ0n) is 12.5. The minimum Gasteiger partial charge on any atom is -0.361 e. The van der Waals surface area contributed by atoms with E-state index < -0.39 is 0 Å². The second kappa shape index (κ2) is 5.79. The van der Waals surface area contributed by atoms with Gasteiger partial charge in [0.05, 0.1) is 11.3 Å². The maximum Gasteiger partial charge on any atom is 0.252 e. The second-order valence-electron chi connectivity index (χ2n) is 5.18. The average Bonchev–Trinajstić information content (AvgIpc) is 2.91. The van der Waals surface area contributed by atoms with E-state index in [2.05, 4.69) is 17.4 Å². The van der Waals surface area contributed by atoms with Gasteiger partial charge in [0.1, 0.15) is 5.76 Å². The fourth-order valence-corrected chi connectivity index (χ4v) is 3.24. The van der Waals surface area contributed by atoms with E-state index in [1.165, 1.54) is 4.88 Å². The Balaban J connectivity index is 2.02. The zero-order valence-corrected chi connectivity index (χ0v) is 13.4. The first kappa shape index (κ1) is 14.8. The van der Waals surface area contributed by atoms with Gasteiger partial charge < -0.3 is 9.84 Å². The number of nitrogens with one attached hydrogen (secondary N) is 1. The van der Waals surface area contributed by atoms with Crippen molar-refractivity contribution < 1.29 is 9.32 Å². The molecular weight excluding hydrogens is 272 g/mol. The number of aryl methyl sites for hydroxylation is 3. The molecule has 0 spiro atoms. The van der Waals surface area contributed by atoms with Crippen LogP contribution in [0, 0.1) is 27.7 Å². The van der Waals surface area contributed by atoms with E-state index in [9.17, 15) is 4.79 Å². The largest absolute Gasteiger partial charge is 0.361 e. The van der Waals surface area contributed by atoms with Crippen LogP contribution in [-0.2, 0) is 0 Å². The molecule has 0 aliphatic carbocycles. The van der Waals surface area contributed by atoms with E-state index in [-0.39, 0.29) is 11.8 Å². The van der Waals surface area contributed by atoms with Gasteiger partial charge in [-0.25, -0.2) is 0 Å². The van der Waals surface area contributed by atoms with Crippen molar-refractivity contribution in [2.45, 2.75) is 40.5 Å². The summed E-state index contributed by atoms with van der Waals surface area (Å²) in [7, 11) is 0. The lowest BCUT2D eigenvalue weighted by molar-refractivity contribution is 0.0951. The summed E-state index contributed by atoms with van der Waals surface area (Å²) in [6, 6.07) is 0. The predicted molar refractivity (Wildman–Crippen MR) is 80.5 cm³/mol. The van der Waals surface area contributed by atoms with Crippen LogP contribution in [0.2, 0.25) is 0 Å². The fraction of sp³-hybridized carbons (Fsp3) is 0.467. The second-order valence-corrected chi connectivity index (χ2v) is 6.26. The van der Waals surface area contributed by atoms with Crippen molar-refractivity contribution in [1.82, 2.24) is 10.5 Å². The number of hydrogen-bond donors (Lipinski definition) is 1. The molecule has 2 aromatic rings. The van der Waals surface area contributed by atoms with Gasteiger partial charge in [-0.2, -0.15) is 0 Å². The smallest absolute Gasteiger partial charge is 0.252 e.